The van der Waals surface area contributed by atoms with Gasteiger partial charge in [0.1, 0.15) is 0 Å². The van der Waals surface area contributed by atoms with E-state index < -0.39 is 10.0 Å². The summed E-state index contributed by atoms with van der Waals surface area (Å²) in [5.74, 6) is 0.176. The molecule has 0 spiro atoms. The third-order valence-electron chi connectivity index (χ3n) is 6.52. The Morgan fingerprint density at radius 2 is 1.94 bits per heavy atom. The molecule has 7 heteroatoms. The second kappa shape index (κ2) is 9.43. The first-order valence-electron chi connectivity index (χ1n) is 11.2. The minimum atomic E-state index is -3.28. The Morgan fingerprint density at radius 3 is 2.62 bits per heavy atom. The number of likely N-dealkylation sites (tertiary alicyclic amines) is 1. The fourth-order valence-electron chi connectivity index (χ4n) is 5.09. The Balaban J connectivity index is 1.58. The van der Waals surface area contributed by atoms with Crippen molar-refractivity contribution in [1.82, 2.24) is 9.21 Å². The van der Waals surface area contributed by atoms with Crippen LogP contribution in [0.2, 0.25) is 0 Å². The maximum absolute atomic E-state index is 12.4. The molecule has 0 aliphatic carbocycles. The standard InChI is InChI=1S/C25H33N3O3S/c1-18-14-19(2)24-22(15-18)23(25(26-24)20-8-6-5-7-9-20)17-27-11-10-21(16-27)28(12-13-31-3)32(4,29)30/h5-9,14-15,21,23H,10-13,16-17H2,1-4H3. The number of hydrogen-bond acceptors (Lipinski definition) is 5. The first-order valence-corrected chi connectivity index (χ1v) is 13.1. The summed E-state index contributed by atoms with van der Waals surface area (Å²) < 4.78 is 31.5. The minimum Gasteiger partial charge on any atom is -0.383 e. The number of sulfonamides is 1. The van der Waals surface area contributed by atoms with E-state index in [9.17, 15) is 8.42 Å². The van der Waals surface area contributed by atoms with Gasteiger partial charge in [-0.2, -0.15) is 4.31 Å². The van der Waals surface area contributed by atoms with Gasteiger partial charge in [-0.3, -0.25) is 4.99 Å². The number of aliphatic imine (C=N–C) groups is 1. The molecule has 0 N–H and O–H groups in total. The van der Waals surface area contributed by atoms with Crippen LogP contribution in [0.25, 0.3) is 0 Å². The lowest BCUT2D eigenvalue weighted by Crippen LogP contribution is -2.43. The monoisotopic (exact) mass is 455 g/mol. The largest absolute Gasteiger partial charge is 0.383 e. The molecule has 2 heterocycles. The maximum Gasteiger partial charge on any atom is 0.211 e. The van der Waals surface area contributed by atoms with Crippen molar-refractivity contribution in [2.75, 3.05) is 46.2 Å². The van der Waals surface area contributed by atoms with Crippen LogP contribution >= 0.6 is 0 Å². The Labute approximate surface area is 192 Å². The van der Waals surface area contributed by atoms with Gasteiger partial charge in [-0.25, -0.2) is 8.42 Å². The molecule has 32 heavy (non-hydrogen) atoms. The van der Waals surface area contributed by atoms with Gasteiger partial charge in [-0.1, -0.05) is 48.0 Å². The van der Waals surface area contributed by atoms with Gasteiger partial charge in [-0.15, -0.1) is 0 Å². The Kier molecular flexibility index (Phi) is 6.81. The molecule has 1 saturated heterocycles. The van der Waals surface area contributed by atoms with Gasteiger partial charge in [0.05, 0.1) is 24.3 Å². The molecule has 0 bridgehead atoms. The van der Waals surface area contributed by atoms with E-state index in [1.807, 2.05) is 6.07 Å². The highest BCUT2D eigenvalue weighted by Crippen LogP contribution is 2.41. The zero-order valence-corrected chi connectivity index (χ0v) is 20.2. The number of benzene rings is 2. The number of rotatable bonds is 8. The summed E-state index contributed by atoms with van der Waals surface area (Å²) >= 11 is 0. The second-order valence-electron chi connectivity index (χ2n) is 9.00. The van der Waals surface area contributed by atoms with Crippen LogP contribution in [0.4, 0.5) is 5.69 Å². The fourth-order valence-corrected chi connectivity index (χ4v) is 6.21. The lowest BCUT2D eigenvalue weighted by Gasteiger charge is -2.27. The molecule has 2 unspecified atom stereocenters. The van der Waals surface area contributed by atoms with E-state index >= 15 is 0 Å². The molecular weight excluding hydrogens is 422 g/mol. The molecule has 2 aromatic carbocycles. The number of fused-ring (bicyclic) bond motifs is 1. The maximum atomic E-state index is 12.4. The summed E-state index contributed by atoms with van der Waals surface area (Å²) in [7, 11) is -1.68. The summed E-state index contributed by atoms with van der Waals surface area (Å²) in [5.41, 5.74) is 7.09. The van der Waals surface area contributed by atoms with Crippen molar-refractivity contribution in [3.63, 3.8) is 0 Å². The van der Waals surface area contributed by atoms with E-state index in [0.29, 0.717) is 13.2 Å². The van der Waals surface area contributed by atoms with Crippen LogP contribution in [0.15, 0.2) is 47.5 Å². The Morgan fingerprint density at radius 1 is 1.19 bits per heavy atom. The smallest absolute Gasteiger partial charge is 0.211 e. The number of nitrogens with zero attached hydrogens (tertiary/aromatic N) is 3. The highest BCUT2D eigenvalue weighted by Gasteiger charge is 2.36. The third-order valence-corrected chi connectivity index (χ3v) is 7.85. The topological polar surface area (TPSA) is 62.2 Å². The SMILES string of the molecule is COCCN(C1CCN(CC2C(c3ccccc3)=Nc3c(C)cc(C)cc32)C1)S(C)(=O)=O. The number of aryl methyl sites for hydroxylation is 2. The molecule has 2 aromatic rings. The number of ether oxygens (including phenoxy) is 1. The molecule has 6 nitrogen and oxygen atoms in total. The highest BCUT2D eigenvalue weighted by molar-refractivity contribution is 7.88. The van der Waals surface area contributed by atoms with Gasteiger partial charge < -0.3 is 9.64 Å². The normalized spacial score (nSPS) is 21.2. The van der Waals surface area contributed by atoms with Crippen LogP contribution in [0.5, 0.6) is 0 Å². The molecule has 0 radical (unpaired) electrons. The van der Waals surface area contributed by atoms with Crippen LogP contribution in [-0.4, -0.2) is 75.5 Å². The molecule has 172 valence electrons. The Hall–Kier alpha value is -2.06. The molecular formula is C25H33N3O3S. The Bertz CT molecular complexity index is 1100. The summed E-state index contributed by atoms with van der Waals surface area (Å²) in [6, 6.07) is 14.8. The number of hydrogen-bond donors (Lipinski definition) is 0. The molecule has 1 fully saturated rings. The molecule has 0 aromatic heterocycles. The lowest BCUT2D eigenvalue weighted by molar-refractivity contribution is 0.165. The average molecular weight is 456 g/mol. The van der Waals surface area contributed by atoms with Gasteiger partial charge in [0.25, 0.3) is 0 Å². The zero-order chi connectivity index (χ0) is 22.9. The van der Waals surface area contributed by atoms with Crippen molar-refractivity contribution in [2.45, 2.75) is 32.2 Å². The first-order chi connectivity index (χ1) is 15.3. The van der Waals surface area contributed by atoms with Crippen molar-refractivity contribution < 1.29 is 13.2 Å². The van der Waals surface area contributed by atoms with Crippen molar-refractivity contribution >= 4 is 21.4 Å². The van der Waals surface area contributed by atoms with Crippen LogP contribution < -0.4 is 0 Å². The van der Waals surface area contributed by atoms with E-state index in [2.05, 4.69) is 55.1 Å². The summed E-state index contributed by atoms with van der Waals surface area (Å²) in [6.45, 7) is 7.51. The molecule has 2 aliphatic rings. The van der Waals surface area contributed by atoms with Gasteiger partial charge >= 0.3 is 0 Å². The van der Waals surface area contributed by atoms with Crippen molar-refractivity contribution in [3.8, 4) is 0 Å². The lowest BCUT2D eigenvalue weighted by atomic mass is 9.89. The van der Waals surface area contributed by atoms with E-state index in [1.165, 1.54) is 22.9 Å². The van der Waals surface area contributed by atoms with E-state index in [-0.39, 0.29) is 12.0 Å². The summed E-state index contributed by atoms with van der Waals surface area (Å²) in [6.07, 6.45) is 2.13. The van der Waals surface area contributed by atoms with Crippen molar-refractivity contribution in [1.29, 1.82) is 0 Å². The van der Waals surface area contributed by atoms with E-state index in [1.54, 1.807) is 11.4 Å². The molecule has 4 rings (SSSR count). The predicted octanol–water partition coefficient (Wildman–Crippen LogP) is 3.50. The first kappa shape index (κ1) is 23.1. The van der Waals surface area contributed by atoms with Crippen molar-refractivity contribution in [2.24, 2.45) is 4.99 Å². The second-order valence-corrected chi connectivity index (χ2v) is 10.9. The molecule has 0 saturated carbocycles. The van der Waals surface area contributed by atoms with Crippen LogP contribution in [0.1, 0.15) is 34.6 Å². The third kappa shape index (κ3) is 4.81. The molecule has 0 amide bonds. The predicted molar refractivity (Wildman–Crippen MR) is 130 cm³/mol. The summed E-state index contributed by atoms with van der Waals surface area (Å²) in [5, 5.41) is 0. The van der Waals surface area contributed by atoms with E-state index in [0.717, 1.165) is 43.0 Å². The van der Waals surface area contributed by atoms with Gasteiger partial charge in [0.15, 0.2) is 0 Å². The average Bonchev–Trinajstić information content (AvgIpc) is 3.34. The molecule has 2 aliphatic heterocycles. The highest BCUT2D eigenvalue weighted by atomic mass is 32.2. The van der Waals surface area contributed by atoms with Crippen molar-refractivity contribution in [3.05, 3.63) is 64.7 Å². The van der Waals surface area contributed by atoms with Gasteiger partial charge in [0, 0.05) is 38.7 Å². The van der Waals surface area contributed by atoms with Gasteiger partial charge in [0.2, 0.25) is 10.0 Å². The fraction of sp³-hybridized carbons (Fsp3) is 0.480. The van der Waals surface area contributed by atoms with Crippen LogP contribution in [-0.2, 0) is 14.8 Å². The quantitative estimate of drug-likeness (QED) is 0.611. The van der Waals surface area contributed by atoms with Gasteiger partial charge in [-0.05, 0) is 43.5 Å². The minimum absolute atomic E-state index is 0.0163. The van der Waals surface area contributed by atoms with Crippen LogP contribution in [0.3, 0.4) is 0 Å². The summed E-state index contributed by atoms with van der Waals surface area (Å²) in [4.78, 5) is 7.48. The zero-order valence-electron chi connectivity index (χ0n) is 19.4. The van der Waals surface area contributed by atoms with E-state index in [4.69, 9.17) is 9.73 Å². The number of methoxy groups -OCH3 is 1. The molecule has 2 atom stereocenters. The van der Waals surface area contributed by atoms with Crippen LogP contribution in [0, 0.1) is 13.8 Å².